The van der Waals surface area contributed by atoms with Crippen molar-refractivity contribution in [1.29, 1.82) is 0 Å². The average molecular weight is 573 g/mol. The molecule has 4 aliphatic rings. The van der Waals surface area contributed by atoms with Crippen LogP contribution in [0.3, 0.4) is 0 Å². The number of hydrogen-bond acceptors (Lipinski definition) is 7. The second kappa shape index (κ2) is 12.4. The first-order valence-corrected chi connectivity index (χ1v) is 15.7. The molecule has 10 heteroatoms. The molecule has 4 saturated heterocycles. The first-order valence-electron chi connectivity index (χ1n) is 14.8. The van der Waals surface area contributed by atoms with Gasteiger partial charge >= 0.3 is 0 Å². The van der Waals surface area contributed by atoms with Crippen molar-refractivity contribution in [3.05, 3.63) is 35.9 Å². The number of likely N-dealkylation sites (tertiary alicyclic amines) is 1. The molecule has 4 heterocycles. The lowest BCUT2D eigenvalue weighted by molar-refractivity contribution is -0.144. The summed E-state index contributed by atoms with van der Waals surface area (Å²) in [4.78, 5) is 46.1. The smallest absolute Gasteiger partial charge is 0.244 e. The van der Waals surface area contributed by atoms with Gasteiger partial charge in [0.15, 0.2) is 0 Å². The van der Waals surface area contributed by atoms with Gasteiger partial charge in [-0.1, -0.05) is 57.5 Å². The predicted molar refractivity (Wildman–Crippen MR) is 154 cm³/mol. The second-order valence-electron chi connectivity index (χ2n) is 11.9. The molecular formula is C30H44N4O5S. The topological polar surface area (TPSA) is 111 Å². The van der Waals surface area contributed by atoms with E-state index in [0.717, 1.165) is 38.0 Å². The number of ether oxygens (including phenoxy) is 1. The lowest BCUT2D eigenvalue weighted by atomic mass is 9.66. The summed E-state index contributed by atoms with van der Waals surface area (Å²) in [5, 5.41) is 16.7. The molecule has 0 aromatic heterocycles. The number of rotatable bonds is 11. The van der Waals surface area contributed by atoms with E-state index in [-0.39, 0.29) is 41.4 Å². The molecule has 9 nitrogen and oxygen atoms in total. The number of aliphatic hydroxyl groups excluding tert-OH is 1. The second-order valence-corrected chi connectivity index (χ2v) is 13.4. The third-order valence-corrected chi connectivity index (χ3v) is 11.8. The molecule has 0 radical (unpaired) electrons. The van der Waals surface area contributed by atoms with Crippen LogP contribution in [0, 0.1) is 23.7 Å². The summed E-state index contributed by atoms with van der Waals surface area (Å²) >= 11 is 1.68. The van der Waals surface area contributed by atoms with Gasteiger partial charge in [0.05, 0.1) is 42.4 Å². The Labute approximate surface area is 241 Å². The fourth-order valence-corrected chi connectivity index (χ4v) is 9.80. The van der Waals surface area contributed by atoms with E-state index >= 15 is 0 Å². The summed E-state index contributed by atoms with van der Waals surface area (Å²) in [5.74, 6) is -1.43. The Kier molecular flexibility index (Phi) is 9.09. The first kappa shape index (κ1) is 29.4. The Morgan fingerprint density at radius 2 is 1.90 bits per heavy atom. The Bertz CT molecular complexity index is 1070. The number of benzene rings is 1. The molecular weight excluding hydrogens is 528 g/mol. The minimum absolute atomic E-state index is 0.00990. The van der Waals surface area contributed by atoms with Crippen LogP contribution in [-0.4, -0.2) is 101 Å². The van der Waals surface area contributed by atoms with Crippen molar-refractivity contribution in [2.75, 3.05) is 46.0 Å². The zero-order chi connectivity index (χ0) is 28.4. The monoisotopic (exact) mass is 572 g/mol. The average Bonchev–Trinajstić information content (AvgIpc) is 3.57. The highest BCUT2D eigenvalue weighted by molar-refractivity contribution is 8.02. The molecule has 5 rings (SSSR count). The Balaban J connectivity index is 1.41. The van der Waals surface area contributed by atoms with Crippen molar-refractivity contribution in [3.8, 4) is 0 Å². The molecule has 1 aromatic carbocycles. The van der Waals surface area contributed by atoms with Gasteiger partial charge in [-0.05, 0) is 23.8 Å². The minimum atomic E-state index is -0.724. The van der Waals surface area contributed by atoms with Gasteiger partial charge in [-0.3, -0.25) is 19.3 Å². The molecule has 1 spiro atoms. The van der Waals surface area contributed by atoms with Crippen molar-refractivity contribution in [2.24, 2.45) is 23.7 Å². The van der Waals surface area contributed by atoms with Crippen LogP contribution < -0.4 is 10.6 Å². The Hall–Kier alpha value is -2.14. The number of nitrogens with zero attached hydrogens (tertiary/aromatic N) is 2. The highest BCUT2D eigenvalue weighted by Gasteiger charge is 2.76. The van der Waals surface area contributed by atoms with Gasteiger partial charge < -0.3 is 25.4 Å². The highest BCUT2D eigenvalue weighted by atomic mass is 32.2. The zero-order valence-corrected chi connectivity index (χ0v) is 24.7. The van der Waals surface area contributed by atoms with Gasteiger partial charge in [0.25, 0.3) is 0 Å². The summed E-state index contributed by atoms with van der Waals surface area (Å²) in [6.45, 7) is 10.6. The molecule has 3 N–H and O–H groups in total. The number of fused-ring (bicyclic) bond motifs is 1. The molecule has 40 heavy (non-hydrogen) atoms. The van der Waals surface area contributed by atoms with E-state index in [1.807, 2.05) is 44.2 Å². The summed E-state index contributed by atoms with van der Waals surface area (Å²) in [6.07, 6.45) is 1.56. The van der Waals surface area contributed by atoms with E-state index in [1.165, 1.54) is 0 Å². The lowest BCUT2D eigenvalue weighted by Crippen LogP contribution is -2.60. The van der Waals surface area contributed by atoms with E-state index < -0.39 is 28.7 Å². The number of nitrogens with one attached hydrogen (secondary N) is 2. The van der Waals surface area contributed by atoms with Crippen LogP contribution in [0.5, 0.6) is 0 Å². The van der Waals surface area contributed by atoms with Crippen molar-refractivity contribution in [2.45, 2.75) is 62.2 Å². The number of morpholine rings is 1. The van der Waals surface area contributed by atoms with Gasteiger partial charge in [-0.25, -0.2) is 0 Å². The van der Waals surface area contributed by atoms with Gasteiger partial charge in [0.2, 0.25) is 17.7 Å². The summed E-state index contributed by atoms with van der Waals surface area (Å²) in [7, 11) is 0. The van der Waals surface area contributed by atoms with Gasteiger partial charge in [-0.2, -0.15) is 0 Å². The maximum Gasteiger partial charge on any atom is 0.244 e. The van der Waals surface area contributed by atoms with E-state index in [0.29, 0.717) is 26.3 Å². The summed E-state index contributed by atoms with van der Waals surface area (Å²) < 4.78 is 4.74. The standard InChI is InChI=1S/C30H44N4O5S/c1-4-19(2)22(18-35)34-26(28(37)31-10-11-33-12-14-39-15-13-33)30-20(3)16-23(40-30)24(25(30)29(34)38)27(36)32-17-21-8-6-5-7-9-21/h5-9,19-20,22-26,35H,4,10-18H2,1-3H3,(H,31,37)(H,32,36)/t19-,20?,22-,23+,24-,25-,26?,30?/m0/s1. The van der Waals surface area contributed by atoms with E-state index in [4.69, 9.17) is 4.74 Å². The number of hydrogen-bond donors (Lipinski definition) is 3. The molecule has 220 valence electrons. The van der Waals surface area contributed by atoms with Gasteiger partial charge in [0, 0.05) is 38.0 Å². The molecule has 4 aliphatic heterocycles. The molecule has 0 saturated carbocycles. The van der Waals surface area contributed by atoms with E-state index in [1.54, 1.807) is 16.7 Å². The fraction of sp³-hybridized carbons (Fsp3) is 0.700. The highest BCUT2D eigenvalue weighted by Crippen LogP contribution is 2.68. The predicted octanol–water partition coefficient (Wildman–Crippen LogP) is 1.50. The summed E-state index contributed by atoms with van der Waals surface area (Å²) in [5.41, 5.74) is 1.00. The molecule has 8 atom stereocenters. The third kappa shape index (κ3) is 5.16. The number of carbonyl (C=O) groups is 3. The largest absolute Gasteiger partial charge is 0.394 e. The van der Waals surface area contributed by atoms with Crippen LogP contribution in [0.4, 0.5) is 0 Å². The molecule has 2 bridgehead atoms. The van der Waals surface area contributed by atoms with Crippen molar-refractivity contribution < 1.29 is 24.2 Å². The number of amides is 3. The lowest BCUT2D eigenvalue weighted by Gasteiger charge is -2.41. The third-order valence-electron chi connectivity index (χ3n) is 9.72. The maximum absolute atomic E-state index is 14.4. The fourth-order valence-electron chi connectivity index (χ4n) is 7.39. The minimum Gasteiger partial charge on any atom is -0.394 e. The number of aliphatic hydroxyl groups is 1. The normalized spacial score (nSPS) is 33.0. The van der Waals surface area contributed by atoms with Crippen LogP contribution in [0.1, 0.15) is 39.2 Å². The summed E-state index contributed by atoms with van der Waals surface area (Å²) in [6, 6.07) is 8.56. The van der Waals surface area contributed by atoms with Crippen LogP contribution in [-0.2, 0) is 25.7 Å². The van der Waals surface area contributed by atoms with Crippen molar-refractivity contribution in [1.82, 2.24) is 20.4 Å². The first-order chi connectivity index (χ1) is 19.3. The SMILES string of the molecule is CC[C@H](C)[C@H](CO)N1C(=O)[C@@H]2[C@@H](C(=O)NCc3ccccc3)[C@H]3CC(C)C2(S3)C1C(=O)NCCN1CCOCC1. The molecule has 3 amide bonds. The Morgan fingerprint density at radius 1 is 1.18 bits per heavy atom. The molecule has 0 aliphatic carbocycles. The Morgan fingerprint density at radius 3 is 2.58 bits per heavy atom. The quantitative estimate of drug-likeness (QED) is 0.369. The van der Waals surface area contributed by atoms with Crippen molar-refractivity contribution in [3.63, 3.8) is 0 Å². The van der Waals surface area contributed by atoms with Crippen LogP contribution in [0.15, 0.2) is 30.3 Å². The molecule has 3 unspecified atom stereocenters. The van der Waals surface area contributed by atoms with Gasteiger partial charge in [-0.15, -0.1) is 11.8 Å². The van der Waals surface area contributed by atoms with E-state index in [2.05, 4.69) is 22.5 Å². The van der Waals surface area contributed by atoms with Crippen molar-refractivity contribution >= 4 is 29.5 Å². The number of thioether (sulfide) groups is 1. The van der Waals surface area contributed by atoms with E-state index in [9.17, 15) is 19.5 Å². The molecule has 1 aromatic rings. The van der Waals surface area contributed by atoms with Gasteiger partial charge in [0.1, 0.15) is 6.04 Å². The van der Waals surface area contributed by atoms with Crippen LogP contribution >= 0.6 is 11.8 Å². The van der Waals surface area contributed by atoms with Crippen LogP contribution in [0.25, 0.3) is 0 Å². The zero-order valence-electron chi connectivity index (χ0n) is 23.9. The number of carbonyl (C=O) groups excluding carboxylic acids is 3. The van der Waals surface area contributed by atoms with Crippen LogP contribution in [0.2, 0.25) is 0 Å². The molecule has 4 fully saturated rings. The maximum atomic E-state index is 14.4.